The Morgan fingerprint density at radius 1 is 1.08 bits per heavy atom. The van der Waals surface area contributed by atoms with Gasteiger partial charge in [0.2, 0.25) is 5.91 Å². The zero-order valence-corrected chi connectivity index (χ0v) is 14.3. The molecule has 6 nitrogen and oxygen atoms in total. The zero-order valence-electron chi connectivity index (χ0n) is 14.3. The van der Waals surface area contributed by atoms with Crippen LogP contribution in [0, 0.1) is 5.82 Å². The molecule has 138 valence electrons. The van der Waals surface area contributed by atoms with Crippen LogP contribution in [0.3, 0.4) is 0 Å². The molecule has 0 aromatic heterocycles. The molecule has 0 spiro atoms. The van der Waals surface area contributed by atoms with Crippen molar-refractivity contribution in [2.75, 3.05) is 7.11 Å². The summed E-state index contributed by atoms with van der Waals surface area (Å²) in [7, 11) is 1.49. The second-order valence-corrected chi connectivity index (χ2v) is 5.50. The van der Waals surface area contributed by atoms with Gasteiger partial charge in [0.25, 0.3) is 0 Å². The Balaban J connectivity index is 2.08. The van der Waals surface area contributed by atoms with Gasteiger partial charge in [-0.1, -0.05) is 30.3 Å². The van der Waals surface area contributed by atoms with Crippen LogP contribution in [-0.4, -0.2) is 24.1 Å². The molecule has 0 unspecified atom stereocenters. The molecule has 0 aliphatic carbocycles. The molecule has 0 saturated heterocycles. The fraction of sp³-hybridized carbons (Fsp3) is 0.263. The van der Waals surface area contributed by atoms with Gasteiger partial charge in [0, 0.05) is 24.1 Å². The number of hydrogen-bond acceptors (Lipinski definition) is 4. The largest absolute Gasteiger partial charge is 0.493 e. The molecule has 7 heteroatoms. The number of nitrogens with one attached hydrogen (secondary N) is 1. The molecule has 1 amide bonds. The lowest BCUT2D eigenvalue weighted by Gasteiger charge is -2.16. The molecule has 0 aliphatic rings. The second-order valence-electron chi connectivity index (χ2n) is 5.50. The smallest absolute Gasteiger partial charge is 0.303 e. The highest BCUT2D eigenvalue weighted by molar-refractivity contribution is 5.80. The molecule has 0 fully saturated rings. The fourth-order valence-corrected chi connectivity index (χ4v) is 2.29. The molecule has 2 rings (SSSR count). The van der Waals surface area contributed by atoms with Crippen LogP contribution in [0.4, 0.5) is 4.39 Å². The number of carboxylic acid groups (broad SMARTS) is 1. The summed E-state index contributed by atoms with van der Waals surface area (Å²) in [5.41, 5.74) is 1.04. The third-order valence-corrected chi connectivity index (χ3v) is 3.65. The first-order valence-corrected chi connectivity index (χ1v) is 8.02. The summed E-state index contributed by atoms with van der Waals surface area (Å²) in [6.45, 7) is 0.148. The number of benzene rings is 2. The number of rotatable bonds is 9. The van der Waals surface area contributed by atoms with Gasteiger partial charge in [-0.2, -0.15) is 0 Å². The van der Waals surface area contributed by atoms with E-state index >= 15 is 0 Å². The normalized spacial score (nSPS) is 10.2. The zero-order chi connectivity index (χ0) is 18.9. The lowest BCUT2D eigenvalue weighted by Crippen LogP contribution is -2.23. The Morgan fingerprint density at radius 2 is 1.81 bits per heavy atom. The van der Waals surface area contributed by atoms with E-state index in [0.29, 0.717) is 22.6 Å². The topological polar surface area (TPSA) is 84.9 Å². The molecular formula is C19H20FNO5. The molecule has 0 saturated carbocycles. The van der Waals surface area contributed by atoms with E-state index in [9.17, 15) is 14.0 Å². The standard InChI is InChI=1S/C19H20FNO5/c1-25-16-8-4-6-13(11-21-17(22)9-10-18(23)24)19(16)26-12-14-5-2-3-7-15(14)20/h2-8H,9-12H2,1H3,(H,21,22)(H,23,24). The van der Waals surface area contributed by atoms with E-state index in [2.05, 4.69) is 5.32 Å². The summed E-state index contributed by atoms with van der Waals surface area (Å²) in [5, 5.41) is 11.3. The van der Waals surface area contributed by atoms with E-state index in [1.54, 1.807) is 36.4 Å². The van der Waals surface area contributed by atoms with Gasteiger partial charge in [0.05, 0.1) is 13.5 Å². The van der Waals surface area contributed by atoms with E-state index in [1.165, 1.54) is 13.2 Å². The van der Waals surface area contributed by atoms with Crippen LogP contribution in [-0.2, 0) is 22.7 Å². The van der Waals surface area contributed by atoms with Gasteiger partial charge in [-0.3, -0.25) is 9.59 Å². The van der Waals surface area contributed by atoms with Crippen LogP contribution in [0.25, 0.3) is 0 Å². The van der Waals surface area contributed by atoms with Gasteiger partial charge >= 0.3 is 5.97 Å². The van der Waals surface area contributed by atoms with Gasteiger partial charge in [-0.05, 0) is 12.1 Å². The third kappa shape index (κ3) is 5.47. The molecule has 0 atom stereocenters. The Bertz CT molecular complexity index is 778. The predicted octanol–water partition coefficient (Wildman–Crippen LogP) is 2.89. The van der Waals surface area contributed by atoms with E-state index in [1.807, 2.05) is 0 Å². The van der Waals surface area contributed by atoms with Crippen molar-refractivity contribution in [1.29, 1.82) is 0 Å². The van der Waals surface area contributed by atoms with Crippen LogP contribution in [0.2, 0.25) is 0 Å². The maximum Gasteiger partial charge on any atom is 0.303 e. The number of para-hydroxylation sites is 1. The number of carboxylic acids is 1. The summed E-state index contributed by atoms with van der Waals surface area (Å²) in [5.74, 6) is -0.924. The van der Waals surface area contributed by atoms with E-state index < -0.39 is 5.97 Å². The summed E-state index contributed by atoms with van der Waals surface area (Å²) in [4.78, 5) is 22.2. The molecule has 2 N–H and O–H groups in total. The van der Waals surface area contributed by atoms with Gasteiger partial charge in [0.1, 0.15) is 12.4 Å². The first-order chi connectivity index (χ1) is 12.5. The quantitative estimate of drug-likeness (QED) is 0.717. The van der Waals surface area contributed by atoms with E-state index in [0.717, 1.165) is 0 Å². The summed E-state index contributed by atoms with van der Waals surface area (Å²) < 4.78 is 24.8. The van der Waals surface area contributed by atoms with E-state index in [-0.39, 0.29) is 37.7 Å². The number of methoxy groups -OCH3 is 1. The Kier molecular flexibility index (Phi) is 6.96. The van der Waals surface area contributed by atoms with Gasteiger partial charge < -0.3 is 19.9 Å². The average Bonchev–Trinajstić information content (AvgIpc) is 2.64. The van der Waals surface area contributed by atoms with Crippen molar-refractivity contribution in [2.24, 2.45) is 0 Å². The van der Waals surface area contributed by atoms with Crippen molar-refractivity contribution in [3.63, 3.8) is 0 Å². The number of carbonyl (C=O) groups excluding carboxylic acids is 1. The number of carbonyl (C=O) groups is 2. The highest BCUT2D eigenvalue weighted by Gasteiger charge is 2.13. The van der Waals surface area contributed by atoms with Crippen molar-refractivity contribution in [3.05, 3.63) is 59.4 Å². The monoisotopic (exact) mass is 361 g/mol. The minimum Gasteiger partial charge on any atom is -0.493 e. The van der Waals surface area contributed by atoms with Crippen LogP contribution in [0.1, 0.15) is 24.0 Å². The first-order valence-electron chi connectivity index (χ1n) is 8.02. The minimum absolute atomic E-state index is 0.00695. The van der Waals surface area contributed by atoms with Crippen LogP contribution < -0.4 is 14.8 Å². The number of aliphatic carboxylic acids is 1. The maximum absolute atomic E-state index is 13.8. The predicted molar refractivity (Wildman–Crippen MR) is 92.4 cm³/mol. The van der Waals surface area contributed by atoms with E-state index in [4.69, 9.17) is 14.6 Å². The molecule has 0 heterocycles. The van der Waals surface area contributed by atoms with Crippen molar-refractivity contribution >= 4 is 11.9 Å². The summed E-state index contributed by atoms with van der Waals surface area (Å²) in [6.07, 6.45) is -0.342. The molecule has 2 aromatic carbocycles. The minimum atomic E-state index is -1.03. The molecule has 2 aromatic rings. The van der Waals surface area contributed by atoms with Crippen molar-refractivity contribution in [2.45, 2.75) is 26.0 Å². The molecular weight excluding hydrogens is 341 g/mol. The van der Waals surface area contributed by atoms with Gasteiger partial charge in [-0.25, -0.2) is 4.39 Å². The van der Waals surface area contributed by atoms with Gasteiger partial charge in [0.15, 0.2) is 11.5 Å². The Hall–Kier alpha value is -3.09. The maximum atomic E-state index is 13.8. The molecule has 26 heavy (non-hydrogen) atoms. The lowest BCUT2D eigenvalue weighted by atomic mass is 10.1. The fourth-order valence-electron chi connectivity index (χ4n) is 2.29. The first kappa shape index (κ1) is 19.2. The van der Waals surface area contributed by atoms with Crippen LogP contribution in [0.15, 0.2) is 42.5 Å². The molecule has 0 aliphatic heterocycles. The highest BCUT2D eigenvalue weighted by Crippen LogP contribution is 2.32. The van der Waals surface area contributed by atoms with Gasteiger partial charge in [-0.15, -0.1) is 0 Å². The third-order valence-electron chi connectivity index (χ3n) is 3.65. The Morgan fingerprint density at radius 3 is 2.50 bits per heavy atom. The van der Waals surface area contributed by atoms with Crippen molar-refractivity contribution in [1.82, 2.24) is 5.32 Å². The lowest BCUT2D eigenvalue weighted by molar-refractivity contribution is -0.138. The SMILES string of the molecule is COc1cccc(CNC(=O)CCC(=O)O)c1OCc1ccccc1F. The van der Waals surface area contributed by atoms with Crippen molar-refractivity contribution < 1.29 is 28.6 Å². The average molecular weight is 361 g/mol. The summed E-state index contributed by atoms with van der Waals surface area (Å²) in [6, 6.07) is 11.5. The number of hydrogen-bond donors (Lipinski definition) is 2. The molecule has 0 radical (unpaired) electrons. The van der Waals surface area contributed by atoms with Crippen molar-refractivity contribution in [3.8, 4) is 11.5 Å². The van der Waals surface area contributed by atoms with Crippen LogP contribution in [0.5, 0.6) is 11.5 Å². The highest BCUT2D eigenvalue weighted by atomic mass is 19.1. The summed E-state index contributed by atoms with van der Waals surface area (Å²) >= 11 is 0. The number of halogens is 1. The number of ether oxygens (including phenoxy) is 2. The Labute approximate surface area is 150 Å². The van der Waals surface area contributed by atoms with Crippen LogP contribution >= 0.6 is 0 Å². The molecule has 0 bridgehead atoms. The number of amides is 1. The second kappa shape index (κ2) is 9.41.